The van der Waals surface area contributed by atoms with Crippen molar-refractivity contribution in [1.82, 2.24) is 4.98 Å². The third-order valence-corrected chi connectivity index (χ3v) is 4.56. The molecule has 0 aliphatic rings. The number of nitrogens with one attached hydrogen (secondary N) is 1. The fourth-order valence-corrected chi connectivity index (χ4v) is 3.02. The molecular weight excluding hydrogens is 301 g/mol. The Balaban J connectivity index is 2.26. The highest BCUT2D eigenvalue weighted by Gasteiger charge is 2.16. The summed E-state index contributed by atoms with van der Waals surface area (Å²) in [4.78, 5) is 3.94. The largest absolute Gasteiger partial charge is 0.373 e. The maximum absolute atomic E-state index is 13.9. The molecule has 5 nitrogen and oxygen atoms in total. The normalized spacial score (nSPS) is 13.2. The van der Waals surface area contributed by atoms with Crippen molar-refractivity contribution < 1.29 is 12.8 Å². The smallest absolute Gasteiger partial charge is 0.238 e. The number of halogens is 1. The molecular formula is C12H14FN3O2S2. The van der Waals surface area contributed by atoms with Gasteiger partial charge in [0.05, 0.1) is 16.6 Å². The van der Waals surface area contributed by atoms with Crippen LogP contribution in [0.5, 0.6) is 0 Å². The van der Waals surface area contributed by atoms with E-state index in [0.29, 0.717) is 0 Å². The van der Waals surface area contributed by atoms with Gasteiger partial charge in [-0.15, -0.1) is 11.3 Å². The first kappa shape index (κ1) is 14.9. The van der Waals surface area contributed by atoms with E-state index in [1.807, 2.05) is 12.3 Å². The molecule has 0 saturated heterocycles. The number of sulfonamides is 1. The van der Waals surface area contributed by atoms with Crippen molar-refractivity contribution in [2.75, 3.05) is 5.32 Å². The summed E-state index contributed by atoms with van der Waals surface area (Å²) in [5.41, 5.74) is 0.222. The molecule has 2 aromatic rings. The minimum atomic E-state index is -3.90. The van der Waals surface area contributed by atoms with Crippen molar-refractivity contribution in [3.8, 4) is 0 Å². The molecule has 1 aromatic heterocycles. The van der Waals surface area contributed by atoms with Crippen molar-refractivity contribution in [2.24, 2.45) is 5.14 Å². The molecule has 8 heteroatoms. The zero-order chi connectivity index (χ0) is 14.8. The summed E-state index contributed by atoms with van der Waals surface area (Å²) in [6.45, 7) is 1.95. The molecule has 3 N–H and O–H groups in total. The molecule has 0 radical (unpaired) electrons. The summed E-state index contributed by atoms with van der Waals surface area (Å²) in [6.07, 6.45) is 2.41. The fraction of sp³-hybridized carbons (Fsp3) is 0.250. The molecule has 0 saturated carbocycles. The van der Waals surface area contributed by atoms with Gasteiger partial charge in [0.2, 0.25) is 10.0 Å². The fourth-order valence-electron chi connectivity index (χ4n) is 1.72. The number of aromatic nitrogens is 1. The van der Waals surface area contributed by atoms with Crippen molar-refractivity contribution in [1.29, 1.82) is 0 Å². The molecule has 0 aliphatic heterocycles. The van der Waals surface area contributed by atoms with Crippen LogP contribution in [0.3, 0.4) is 0 Å². The van der Waals surface area contributed by atoms with E-state index < -0.39 is 15.8 Å². The van der Waals surface area contributed by atoms with Crippen LogP contribution in [0.15, 0.2) is 34.7 Å². The number of nitrogens with two attached hydrogens (primary N) is 1. The van der Waals surface area contributed by atoms with Crippen LogP contribution in [0.25, 0.3) is 0 Å². The average Bonchev–Trinajstić information content (AvgIpc) is 2.90. The van der Waals surface area contributed by atoms with Gasteiger partial charge >= 0.3 is 0 Å². The highest BCUT2D eigenvalue weighted by atomic mass is 32.2. The number of benzene rings is 1. The lowest BCUT2D eigenvalue weighted by Crippen LogP contribution is -2.14. The zero-order valence-electron chi connectivity index (χ0n) is 10.7. The Kier molecular flexibility index (Phi) is 4.36. The van der Waals surface area contributed by atoms with Crippen LogP contribution in [0.1, 0.15) is 24.4 Å². The molecule has 0 spiro atoms. The Morgan fingerprint density at radius 3 is 2.75 bits per heavy atom. The van der Waals surface area contributed by atoms with Crippen LogP contribution in [-0.2, 0) is 10.0 Å². The number of nitrogens with zero attached hydrogens (tertiary/aromatic N) is 1. The van der Waals surface area contributed by atoms with E-state index in [-0.39, 0.29) is 16.6 Å². The van der Waals surface area contributed by atoms with E-state index >= 15 is 0 Å². The van der Waals surface area contributed by atoms with E-state index in [4.69, 9.17) is 5.14 Å². The standard InChI is InChI=1S/C12H14FN3O2S2/c1-2-10(12-15-5-6-19-12)16-11-4-3-8(7-9(11)13)20(14,17)18/h3-7,10,16H,2H2,1H3,(H2,14,17,18). The SMILES string of the molecule is CCC(Nc1ccc(S(N)(=O)=O)cc1F)c1nccs1. The van der Waals surface area contributed by atoms with Crippen LogP contribution in [-0.4, -0.2) is 13.4 Å². The second kappa shape index (κ2) is 5.86. The summed E-state index contributed by atoms with van der Waals surface area (Å²) in [7, 11) is -3.90. The van der Waals surface area contributed by atoms with Crippen LogP contribution in [0, 0.1) is 5.82 Å². The summed E-state index contributed by atoms with van der Waals surface area (Å²) >= 11 is 1.48. The van der Waals surface area contributed by atoms with Crippen molar-refractivity contribution in [2.45, 2.75) is 24.3 Å². The third-order valence-electron chi connectivity index (χ3n) is 2.76. The van der Waals surface area contributed by atoms with Gasteiger partial charge < -0.3 is 5.32 Å². The van der Waals surface area contributed by atoms with E-state index in [2.05, 4.69) is 10.3 Å². The number of hydrogen-bond donors (Lipinski definition) is 2. The topological polar surface area (TPSA) is 85.1 Å². The zero-order valence-corrected chi connectivity index (χ0v) is 12.3. The van der Waals surface area contributed by atoms with Gasteiger partial charge in [-0.3, -0.25) is 0 Å². The van der Waals surface area contributed by atoms with Crippen LogP contribution in [0.4, 0.5) is 10.1 Å². The third kappa shape index (κ3) is 3.33. The van der Waals surface area contributed by atoms with E-state index in [1.165, 1.54) is 23.5 Å². The lowest BCUT2D eigenvalue weighted by atomic mass is 10.2. The molecule has 0 fully saturated rings. The monoisotopic (exact) mass is 315 g/mol. The summed E-state index contributed by atoms with van der Waals surface area (Å²) in [5.74, 6) is -0.661. The van der Waals surface area contributed by atoms with Gasteiger partial charge in [0.1, 0.15) is 10.8 Å². The van der Waals surface area contributed by atoms with Gasteiger partial charge in [-0.25, -0.2) is 22.9 Å². The van der Waals surface area contributed by atoms with E-state index in [1.54, 1.807) is 6.20 Å². The van der Waals surface area contributed by atoms with Crippen molar-refractivity contribution in [3.05, 3.63) is 40.6 Å². The summed E-state index contributed by atoms with van der Waals surface area (Å²) < 4.78 is 36.2. The molecule has 108 valence electrons. The lowest BCUT2D eigenvalue weighted by Gasteiger charge is -2.16. The van der Waals surface area contributed by atoms with Gasteiger partial charge in [-0.1, -0.05) is 6.92 Å². The summed E-state index contributed by atoms with van der Waals surface area (Å²) in [6, 6.07) is 3.43. The average molecular weight is 315 g/mol. The van der Waals surface area contributed by atoms with Crippen molar-refractivity contribution in [3.63, 3.8) is 0 Å². The van der Waals surface area contributed by atoms with Gasteiger partial charge in [0.25, 0.3) is 0 Å². The molecule has 0 bridgehead atoms. The number of thiazole rings is 1. The predicted octanol–water partition coefficient (Wildman–Crippen LogP) is 2.49. The number of anilines is 1. The molecule has 0 aliphatic carbocycles. The number of hydrogen-bond acceptors (Lipinski definition) is 5. The Labute approximate surface area is 120 Å². The van der Waals surface area contributed by atoms with Crippen LogP contribution < -0.4 is 10.5 Å². The lowest BCUT2D eigenvalue weighted by molar-refractivity contribution is 0.592. The van der Waals surface area contributed by atoms with E-state index in [9.17, 15) is 12.8 Å². The molecule has 1 heterocycles. The Morgan fingerprint density at radius 2 is 2.25 bits per heavy atom. The highest BCUT2D eigenvalue weighted by molar-refractivity contribution is 7.89. The number of primary sulfonamides is 1. The molecule has 1 aromatic carbocycles. The maximum Gasteiger partial charge on any atom is 0.238 e. The van der Waals surface area contributed by atoms with Crippen LogP contribution >= 0.6 is 11.3 Å². The minimum absolute atomic E-state index is 0.121. The van der Waals surface area contributed by atoms with Crippen molar-refractivity contribution >= 4 is 27.0 Å². The molecule has 0 amide bonds. The minimum Gasteiger partial charge on any atom is -0.373 e. The first-order valence-corrected chi connectivity index (χ1v) is 8.32. The first-order chi connectivity index (χ1) is 9.41. The first-order valence-electron chi connectivity index (χ1n) is 5.90. The second-order valence-corrected chi connectivity index (χ2v) is 6.65. The maximum atomic E-state index is 13.9. The van der Waals surface area contributed by atoms with Gasteiger partial charge in [0.15, 0.2) is 0 Å². The number of rotatable bonds is 5. The van der Waals surface area contributed by atoms with Gasteiger partial charge in [0, 0.05) is 11.6 Å². The molecule has 2 rings (SSSR count). The molecule has 1 atom stereocenters. The van der Waals surface area contributed by atoms with E-state index in [0.717, 1.165) is 17.5 Å². The second-order valence-electron chi connectivity index (χ2n) is 4.16. The Bertz CT molecular complexity index is 687. The molecule has 1 unspecified atom stereocenters. The van der Waals surface area contributed by atoms with Crippen LogP contribution in [0.2, 0.25) is 0 Å². The Hall–Kier alpha value is -1.51. The van der Waals surface area contributed by atoms with Gasteiger partial charge in [-0.05, 0) is 24.6 Å². The Morgan fingerprint density at radius 1 is 1.50 bits per heavy atom. The quantitative estimate of drug-likeness (QED) is 0.887. The predicted molar refractivity (Wildman–Crippen MR) is 76.5 cm³/mol. The highest BCUT2D eigenvalue weighted by Crippen LogP contribution is 2.26. The molecule has 20 heavy (non-hydrogen) atoms. The summed E-state index contributed by atoms with van der Waals surface area (Å²) in [5, 5.41) is 10.7. The van der Waals surface area contributed by atoms with Gasteiger partial charge in [-0.2, -0.15) is 0 Å².